The van der Waals surface area contributed by atoms with Crippen LogP contribution in [-0.4, -0.2) is 44.2 Å². The molecule has 5 rings (SSSR count). The fraction of sp³-hybridized carbons (Fsp3) is 0.389. The lowest BCUT2D eigenvalue weighted by Crippen LogP contribution is -2.36. The van der Waals surface area contributed by atoms with Gasteiger partial charge in [0, 0.05) is 19.3 Å². The Kier molecular flexibility index (Phi) is 3.56. The lowest BCUT2D eigenvalue weighted by molar-refractivity contribution is 0.0405. The Morgan fingerprint density at radius 2 is 1.96 bits per heavy atom. The molecular formula is C18H17FN6O2. The molecule has 3 aromatic rings. The number of anilines is 1. The Morgan fingerprint density at radius 3 is 2.74 bits per heavy atom. The summed E-state index contributed by atoms with van der Waals surface area (Å²) in [5, 5.41) is 7.70. The summed E-state index contributed by atoms with van der Waals surface area (Å²) in [7, 11) is 0. The minimum atomic E-state index is -0.679. The number of piperidine rings is 1. The summed E-state index contributed by atoms with van der Waals surface area (Å²) >= 11 is 0. The molecule has 1 aliphatic heterocycles. The minimum absolute atomic E-state index is 0.197. The van der Waals surface area contributed by atoms with Gasteiger partial charge in [0.1, 0.15) is 16.9 Å². The van der Waals surface area contributed by atoms with E-state index in [1.807, 2.05) is 4.90 Å². The van der Waals surface area contributed by atoms with Crippen LogP contribution < -0.4 is 9.74 Å². The van der Waals surface area contributed by atoms with Crippen LogP contribution in [0, 0.1) is 11.4 Å². The fourth-order valence-electron chi connectivity index (χ4n) is 3.63. The van der Waals surface area contributed by atoms with Gasteiger partial charge >= 0.3 is 5.97 Å². The van der Waals surface area contributed by atoms with Crippen molar-refractivity contribution in [3.05, 3.63) is 42.0 Å². The maximum Gasteiger partial charge on any atom is 0.369 e. The van der Waals surface area contributed by atoms with Crippen molar-refractivity contribution >= 4 is 23.0 Å². The molecule has 0 amide bonds. The Labute approximate surface area is 153 Å². The molecule has 1 aliphatic carbocycles. The highest BCUT2D eigenvalue weighted by atomic mass is 19.1. The number of carbonyl (C=O) groups excluding carboxylic acids is 1. The van der Waals surface area contributed by atoms with Crippen molar-refractivity contribution in [1.82, 2.24) is 25.1 Å². The monoisotopic (exact) mass is 368 g/mol. The van der Waals surface area contributed by atoms with Crippen molar-refractivity contribution in [2.45, 2.75) is 25.7 Å². The standard InChI is InChI=1S/C18H17FN6O2/c19-14-4-3-12(15(21-14)24-10-7-18(5-6-18)8-11-24)17(26)27-25-16-13(22-23-25)2-1-9-20-16/h1-4,9H,5-8,10-11H2. The molecule has 3 aromatic heterocycles. The Balaban J connectivity index is 1.43. The highest BCUT2D eigenvalue weighted by Gasteiger charge is 2.45. The predicted molar refractivity (Wildman–Crippen MR) is 93.5 cm³/mol. The van der Waals surface area contributed by atoms with Crippen molar-refractivity contribution in [3.63, 3.8) is 0 Å². The van der Waals surface area contributed by atoms with E-state index in [0.717, 1.165) is 36.8 Å². The lowest BCUT2D eigenvalue weighted by atomic mass is 9.93. The van der Waals surface area contributed by atoms with Crippen LogP contribution in [-0.2, 0) is 0 Å². The smallest absolute Gasteiger partial charge is 0.356 e. The molecule has 8 nitrogen and oxygen atoms in total. The van der Waals surface area contributed by atoms with Gasteiger partial charge in [-0.2, -0.15) is 4.39 Å². The van der Waals surface area contributed by atoms with Crippen LogP contribution in [0.2, 0.25) is 0 Å². The zero-order valence-electron chi connectivity index (χ0n) is 14.5. The molecule has 9 heteroatoms. The summed E-state index contributed by atoms with van der Waals surface area (Å²) in [6, 6.07) is 5.98. The normalized spacial score (nSPS) is 18.0. The van der Waals surface area contributed by atoms with E-state index < -0.39 is 11.9 Å². The molecule has 2 aliphatic rings. The Bertz CT molecular complexity index is 1020. The molecule has 0 unspecified atom stereocenters. The van der Waals surface area contributed by atoms with E-state index in [0.29, 0.717) is 22.4 Å². The first kappa shape index (κ1) is 16.1. The number of nitrogens with zero attached hydrogens (tertiary/aromatic N) is 6. The number of fused-ring (bicyclic) bond motifs is 1. The van der Waals surface area contributed by atoms with Gasteiger partial charge in [0.2, 0.25) is 11.6 Å². The maximum atomic E-state index is 13.8. The molecule has 0 N–H and O–H groups in total. The number of hydrogen-bond acceptors (Lipinski definition) is 7. The highest BCUT2D eigenvalue weighted by Crippen LogP contribution is 2.53. The van der Waals surface area contributed by atoms with E-state index in [1.165, 1.54) is 18.9 Å². The molecule has 1 saturated carbocycles. The molecule has 1 spiro atoms. The molecule has 138 valence electrons. The third kappa shape index (κ3) is 2.88. The van der Waals surface area contributed by atoms with Gasteiger partial charge in [0.15, 0.2) is 0 Å². The van der Waals surface area contributed by atoms with Crippen LogP contribution in [0.3, 0.4) is 0 Å². The van der Waals surface area contributed by atoms with Gasteiger partial charge in [-0.3, -0.25) is 0 Å². The van der Waals surface area contributed by atoms with Crippen LogP contribution in [0.5, 0.6) is 0 Å². The quantitative estimate of drug-likeness (QED) is 0.516. The summed E-state index contributed by atoms with van der Waals surface area (Å²) in [4.78, 5) is 29.1. The third-order valence-electron chi connectivity index (χ3n) is 5.49. The summed E-state index contributed by atoms with van der Waals surface area (Å²) in [6.45, 7) is 1.51. The molecular weight excluding hydrogens is 351 g/mol. The van der Waals surface area contributed by atoms with Crippen LogP contribution in [0.25, 0.3) is 11.2 Å². The average molecular weight is 368 g/mol. The number of rotatable bonds is 3. The summed E-state index contributed by atoms with van der Waals surface area (Å²) < 4.78 is 13.8. The fourth-order valence-corrected chi connectivity index (χ4v) is 3.63. The van der Waals surface area contributed by atoms with Crippen molar-refractivity contribution in [1.29, 1.82) is 0 Å². The topological polar surface area (TPSA) is 86.0 Å². The van der Waals surface area contributed by atoms with Crippen molar-refractivity contribution in [3.8, 4) is 0 Å². The van der Waals surface area contributed by atoms with E-state index in [1.54, 1.807) is 18.3 Å². The maximum absolute atomic E-state index is 13.8. The molecule has 1 saturated heterocycles. The molecule has 2 fully saturated rings. The van der Waals surface area contributed by atoms with Gasteiger partial charge in [-0.15, -0.1) is 5.10 Å². The first-order valence-electron chi connectivity index (χ1n) is 8.94. The first-order chi connectivity index (χ1) is 13.1. The second-order valence-electron chi connectivity index (χ2n) is 7.18. The van der Waals surface area contributed by atoms with Crippen LogP contribution >= 0.6 is 0 Å². The zero-order valence-corrected chi connectivity index (χ0v) is 14.5. The molecule has 0 bridgehead atoms. The molecule has 0 radical (unpaired) electrons. The van der Waals surface area contributed by atoms with Gasteiger partial charge in [0.25, 0.3) is 0 Å². The molecule has 4 heterocycles. The number of halogens is 1. The molecule has 27 heavy (non-hydrogen) atoms. The third-order valence-corrected chi connectivity index (χ3v) is 5.49. The van der Waals surface area contributed by atoms with E-state index in [4.69, 9.17) is 4.84 Å². The van der Waals surface area contributed by atoms with Gasteiger partial charge in [0.05, 0.1) is 0 Å². The van der Waals surface area contributed by atoms with E-state index in [9.17, 15) is 9.18 Å². The van der Waals surface area contributed by atoms with E-state index in [-0.39, 0.29) is 5.56 Å². The minimum Gasteiger partial charge on any atom is -0.356 e. The number of pyridine rings is 2. The average Bonchev–Trinajstić information content (AvgIpc) is 3.32. The Hall–Kier alpha value is -3.10. The van der Waals surface area contributed by atoms with Crippen molar-refractivity contribution in [2.75, 3.05) is 18.0 Å². The summed E-state index contributed by atoms with van der Waals surface area (Å²) in [5.41, 5.74) is 1.50. The van der Waals surface area contributed by atoms with Crippen molar-refractivity contribution < 1.29 is 14.0 Å². The van der Waals surface area contributed by atoms with Crippen LogP contribution in [0.15, 0.2) is 30.5 Å². The number of carbonyl (C=O) groups is 1. The largest absolute Gasteiger partial charge is 0.369 e. The SMILES string of the molecule is O=C(On1nnc2cccnc21)c1ccc(F)nc1N1CCC2(CC1)CC2. The lowest BCUT2D eigenvalue weighted by Gasteiger charge is -2.33. The second kappa shape index (κ2) is 5.97. The van der Waals surface area contributed by atoms with Gasteiger partial charge in [-0.1, -0.05) is 0 Å². The number of hydrogen-bond donors (Lipinski definition) is 0. The highest BCUT2D eigenvalue weighted by molar-refractivity contribution is 5.95. The summed E-state index contributed by atoms with van der Waals surface area (Å²) in [6.07, 6.45) is 6.16. The summed E-state index contributed by atoms with van der Waals surface area (Å²) in [5.74, 6) is -0.990. The number of aromatic nitrogens is 5. The predicted octanol–water partition coefficient (Wildman–Crippen LogP) is 2.01. The van der Waals surface area contributed by atoms with Gasteiger partial charge in [-0.25, -0.2) is 14.8 Å². The van der Waals surface area contributed by atoms with Gasteiger partial charge in [-0.05, 0) is 65.4 Å². The Morgan fingerprint density at radius 1 is 1.15 bits per heavy atom. The van der Waals surface area contributed by atoms with Crippen LogP contribution in [0.4, 0.5) is 10.2 Å². The second-order valence-corrected chi connectivity index (χ2v) is 7.18. The first-order valence-corrected chi connectivity index (χ1v) is 8.94. The van der Waals surface area contributed by atoms with Crippen LogP contribution in [0.1, 0.15) is 36.0 Å². The van der Waals surface area contributed by atoms with E-state index >= 15 is 0 Å². The zero-order chi connectivity index (χ0) is 18.4. The van der Waals surface area contributed by atoms with Gasteiger partial charge < -0.3 is 9.74 Å². The van der Waals surface area contributed by atoms with E-state index in [2.05, 4.69) is 20.3 Å². The molecule has 0 atom stereocenters. The van der Waals surface area contributed by atoms with Crippen molar-refractivity contribution in [2.24, 2.45) is 5.41 Å². The molecule has 0 aromatic carbocycles.